The van der Waals surface area contributed by atoms with Crippen molar-refractivity contribution in [2.75, 3.05) is 18.9 Å². The average molecular weight is 434 g/mol. The monoisotopic (exact) mass is 433 g/mol. The van der Waals surface area contributed by atoms with Crippen molar-refractivity contribution in [3.8, 4) is 0 Å². The molecule has 0 aromatic carbocycles. The smallest absolute Gasteiger partial charge is 0.344 e. The fourth-order valence-corrected chi connectivity index (χ4v) is 2.60. The lowest BCUT2D eigenvalue weighted by molar-refractivity contribution is -0.178. The van der Waals surface area contributed by atoms with Crippen LogP contribution in [0.5, 0.6) is 0 Å². The first kappa shape index (κ1) is 22.7. The van der Waals surface area contributed by atoms with E-state index in [1.807, 2.05) is 0 Å². The largest absolute Gasteiger partial charge is 0.479 e. The number of anilines is 1. The number of hydrogen-bond acceptors (Lipinski definition) is 10. The number of nitrogens with zero attached hydrogens (tertiary/aromatic N) is 4. The van der Waals surface area contributed by atoms with E-state index in [2.05, 4.69) is 15.0 Å². The van der Waals surface area contributed by atoms with Gasteiger partial charge in [-0.3, -0.25) is 4.57 Å². The fraction of sp³-hybridized carbons (Fsp3) is 0.533. The summed E-state index contributed by atoms with van der Waals surface area (Å²) in [5.41, 5.74) is 6.13. The van der Waals surface area contributed by atoms with Gasteiger partial charge in [-0.2, -0.15) is 9.97 Å². The zero-order chi connectivity index (χ0) is 21.7. The number of nitrogens with two attached hydrogens (primary N) is 1. The van der Waals surface area contributed by atoms with Crippen LogP contribution < -0.4 is 5.73 Å². The van der Waals surface area contributed by atoms with Gasteiger partial charge in [0.1, 0.15) is 11.6 Å². The number of aliphatic hydroxyl groups is 2. The van der Waals surface area contributed by atoms with Gasteiger partial charge < -0.3 is 35.6 Å². The van der Waals surface area contributed by atoms with E-state index >= 15 is 0 Å². The second-order valence-corrected chi connectivity index (χ2v) is 6.24. The molecule has 29 heavy (non-hydrogen) atoms. The zero-order valence-corrected chi connectivity index (χ0v) is 15.9. The third kappa shape index (κ3) is 5.27. The van der Waals surface area contributed by atoms with Crippen molar-refractivity contribution >= 4 is 40.5 Å². The maximum atomic E-state index is 10.9. The lowest BCUT2D eigenvalue weighted by Crippen LogP contribution is -2.39. The topological polar surface area (TPSA) is 203 Å². The van der Waals surface area contributed by atoms with Crippen LogP contribution in [0.25, 0.3) is 11.2 Å². The molecule has 2 aromatic heterocycles. The summed E-state index contributed by atoms with van der Waals surface area (Å²) in [6, 6.07) is 0. The molecule has 0 saturated carbocycles. The Kier molecular flexibility index (Phi) is 7.64. The number of halogens is 1. The Morgan fingerprint density at radius 2 is 1.97 bits per heavy atom. The Hall–Kier alpha value is -2.58. The first-order valence-corrected chi connectivity index (χ1v) is 8.74. The van der Waals surface area contributed by atoms with Gasteiger partial charge in [0.25, 0.3) is 6.10 Å². The second kappa shape index (κ2) is 9.76. The SMILES string of the molecule is CC[C@@H](O)[C@@H](O[C@@H](CO)COC(C(=O)O)C(=O)O)n1cnc2c(N)nc(Cl)nc21. The minimum atomic E-state index is -2.14. The highest BCUT2D eigenvalue weighted by Gasteiger charge is 2.31. The lowest BCUT2D eigenvalue weighted by Gasteiger charge is -2.28. The van der Waals surface area contributed by atoms with Crippen molar-refractivity contribution < 1.29 is 39.5 Å². The van der Waals surface area contributed by atoms with Gasteiger partial charge in [-0.15, -0.1) is 0 Å². The van der Waals surface area contributed by atoms with E-state index in [-0.39, 0.29) is 28.7 Å². The van der Waals surface area contributed by atoms with Crippen LogP contribution in [0.3, 0.4) is 0 Å². The van der Waals surface area contributed by atoms with E-state index in [1.54, 1.807) is 6.92 Å². The Morgan fingerprint density at radius 1 is 1.31 bits per heavy atom. The average Bonchev–Trinajstić information content (AvgIpc) is 3.07. The molecule has 14 heteroatoms. The summed E-state index contributed by atoms with van der Waals surface area (Å²) in [5.74, 6) is -3.40. The third-order valence-electron chi connectivity index (χ3n) is 3.88. The number of fused-ring (bicyclic) bond motifs is 1. The molecule has 0 amide bonds. The number of aromatic nitrogens is 4. The molecule has 0 spiro atoms. The number of carboxylic acids is 2. The summed E-state index contributed by atoms with van der Waals surface area (Å²) in [5, 5.41) is 37.5. The summed E-state index contributed by atoms with van der Waals surface area (Å²) in [7, 11) is 0. The first-order chi connectivity index (χ1) is 13.7. The van der Waals surface area contributed by atoms with E-state index < -0.39 is 49.7 Å². The van der Waals surface area contributed by atoms with E-state index in [4.69, 9.17) is 37.0 Å². The van der Waals surface area contributed by atoms with Crippen LogP contribution in [-0.4, -0.2) is 83.4 Å². The van der Waals surface area contributed by atoms with Crippen LogP contribution in [0.15, 0.2) is 6.33 Å². The lowest BCUT2D eigenvalue weighted by atomic mass is 10.2. The number of imidazole rings is 1. The van der Waals surface area contributed by atoms with Crippen molar-refractivity contribution in [2.45, 2.75) is 37.9 Å². The highest BCUT2D eigenvalue weighted by atomic mass is 35.5. The van der Waals surface area contributed by atoms with Crippen LogP contribution in [-0.2, 0) is 19.1 Å². The molecule has 0 fully saturated rings. The predicted molar refractivity (Wildman–Crippen MR) is 97.1 cm³/mol. The van der Waals surface area contributed by atoms with E-state index in [9.17, 15) is 19.8 Å². The molecular formula is C15H20ClN5O8. The van der Waals surface area contributed by atoms with Crippen molar-refractivity contribution in [2.24, 2.45) is 0 Å². The molecule has 6 N–H and O–H groups in total. The number of aliphatic carboxylic acids is 2. The van der Waals surface area contributed by atoms with Gasteiger partial charge in [-0.05, 0) is 18.0 Å². The highest BCUT2D eigenvalue weighted by Crippen LogP contribution is 2.26. The van der Waals surface area contributed by atoms with Crippen LogP contribution in [0.1, 0.15) is 19.6 Å². The Bertz CT molecular complexity index is 864. The van der Waals surface area contributed by atoms with Crippen LogP contribution in [0.2, 0.25) is 5.28 Å². The molecule has 160 valence electrons. The van der Waals surface area contributed by atoms with Crippen molar-refractivity contribution in [3.63, 3.8) is 0 Å². The number of carbonyl (C=O) groups is 2. The number of hydrogen-bond donors (Lipinski definition) is 5. The number of nitrogen functional groups attached to an aromatic ring is 1. The van der Waals surface area contributed by atoms with Crippen molar-refractivity contribution in [1.29, 1.82) is 0 Å². The Morgan fingerprint density at radius 3 is 2.52 bits per heavy atom. The number of aliphatic hydroxyl groups excluding tert-OH is 2. The minimum absolute atomic E-state index is 0.0105. The van der Waals surface area contributed by atoms with Crippen LogP contribution in [0, 0.1) is 0 Å². The Labute approximate surface area is 168 Å². The zero-order valence-electron chi connectivity index (χ0n) is 15.2. The summed E-state index contributed by atoms with van der Waals surface area (Å²) in [4.78, 5) is 33.7. The predicted octanol–water partition coefficient (Wildman–Crippen LogP) is -0.737. The standard InChI is InChI=1S/C15H20ClN5O8/c1-2-7(23)12(21-5-18-8-10(17)19-15(16)20-11(8)21)29-6(3-22)4-28-9(13(24)25)14(26)27/h5-7,9,12,22-23H,2-4H2,1H3,(H,24,25)(H,26,27)(H2,17,19,20)/t6-,7+,12+/m0/s1. The Balaban J connectivity index is 2.29. The minimum Gasteiger partial charge on any atom is -0.479 e. The summed E-state index contributed by atoms with van der Waals surface area (Å²) < 4.78 is 11.8. The molecule has 0 saturated heterocycles. The van der Waals surface area contributed by atoms with Gasteiger partial charge >= 0.3 is 11.9 Å². The maximum Gasteiger partial charge on any atom is 0.344 e. The third-order valence-corrected chi connectivity index (χ3v) is 4.04. The van der Waals surface area contributed by atoms with Gasteiger partial charge in [0.15, 0.2) is 17.7 Å². The molecule has 0 aliphatic rings. The normalized spacial score (nSPS) is 14.8. The van der Waals surface area contributed by atoms with Gasteiger partial charge in [-0.1, -0.05) is 6.92 Å². The molecule has 0 unspecified atom stereocenters. The van der Waals surface area contributed by atoms with Crippen molar-refractivity contribution in [1.82, 2.24) is 19.5 Å². The summed E-state index contributed by atoms with van der Waals surface area (Å²) in [6.45, 7) is 0.451. The summed E-state index contributed by atoms with van der Waals surface area (Å²) in [6.07, 6.45) is -4.06. The number of rotatable bonds is 11. The first-order valence-electron chi connectivity index (χ1n) is 8.36. The molecule has 2 rings (SSSR count). The van der Waals surface area contributed by atoms with Gasteiger partial charge in [0.2, 0.25) is 5.28 Å². The van der Waals surface area contributed by atoms with Gasteiger partial charge in [0, 0.05) is 0 Å². The van der Waals surface area contributed by atoms with Crippen molar-refractivity contribution in [3.05, 3.63) is 11.6 Å². The molecule has 0 aliphatic carbocycles. The molecule has 2 heterocycles. The van der Waals surface area contributed by atoms with E-state index in [0.717, 1.165) is 0 Å². The maximum absolute atomic E-state index is 10.9. The second-order valence-electron chi connectivity index (χ2n) is 5.90. The van der Waals surface area contributed by atoms with Gasteiger partial charge in [0.05, 0.1) is 25.6 Å². The molecule has 0 radical (unpaired) electrons. The summed E-state index contributed by atoms with van der Waals surface area (Å²) >= 11 is 5.83. The van der Waals surface area contributed by atoms with Gasteiger partial charge in [-0.25, -0.2) is 14.6 Å². The van der Waals surface area contributed by atoms with E-state index in [1.165, 1.54) is 10.9 Å². The van der Waals surface area contributed by atoms with Crippen LogP contribution >= 0.6 is 11.6 Å². The number of ether oxygens (including phenoxy) is 2. The van der Waals surface area contributed by atoms with E-state index in [0.29, 0.717) is 0 Å². The number of carboxylic acid groups (broad SMARTS) is 2. The van der Waals surface area contributed by atoms with Crippen LogP contribution in [0.4, 0.5) is 5.82 Å². The molecular weight excluding hydrogens is 414 g/mol. The quantitative estimate of drug-likeness (QED) is 0.219. The molecule has 0 aliphatic heterocycles. The molecule has 0 bridgehead atoms. The highest BCUT2D eigenvalue weighted by molar-refractivity contribution is 6.28. The fourth-order valence-electron chi connectivity index (χ4n) is 2.42. The molecule has 13 nitrogen and oxygen atoms in total. The molecule has 3 atom stereocenters. The molecule has 2 aromatic rings.